The summed E-state index contributed by atoms with van der Waals surface area (Å²) in [5.74, 6) is 0.547. The van der Waals surface area contributed by atoms with Gasteiger partial charge in [-0.2, -0.15) is 0 Å². The van der Waals surface area contributed by atoms with Gasteiger partial charge >= 0.3 is 0 Å². The van der Waals surface area contributed by atoms with Crippen LogP contribution in [0.4, 0.5) is 0 Å². The molecular weight excluding hydrogens is 98.1 g/mol. The van der Waals surface area contributed by atoms with Gasteiger partial charge in [0.2, 0.25) is 0 Å². The Bertz CT molecular complexity index is 96.3. The molecule has 1 heterocycles. The Morgan fingerprint density at radius 2 is 2.00 bits per heavy atom. The van der Waals surface area contributed by atoms with Crippen molar-refractivity contribution in [2.75, 3.05) is 0 Å². The summed E-state index contributed by atoms with van der Waals surface area (Å²) in [6, 6.07) is 0.409. The molecule has 0 radical (unpaired) electrons. The summed E-state index contributed by atoms with van der Waals surface area (Å²) in [5, 5.41) is 0. The number of rotatable bonds is 0. The van der Waals surface area contributed by atoms with E-state index in [1.807, 2.05) is 6.21 Å². The van der Waals surface area contributed by atoms with Gasteiger partial charge in [-0.15, -0.1) is 0 Å². The molecule has 0 saturated carbocycles. The van der Waals surface area contributed by atoms with Gasteiger partial charge in [-0.1, -0.05) is 19.1 Å². The quantitative estimate of drug-likeness (QED) is 0.419. The van der Waals surface area contributed by atoms with E-state index in [2.05, 4.69) is 31.0 Å². The molecule has 0 bridgehead atoms. The Morgan fingerprint density at radius 1 is 1.25 bits per heavy atom. The largest absolute Gasteiger partial charge is 0.290 e. The number of allylic oxidation sites excluding steroid dienone is 1. The third-order valence-corrected chi connectivity index (χ3v) is 1.25. The fourth-order valence-corrected chi connectivity index (χ4v) is 0.707. The van der Waals surface area contributed by atoms with Gasteiger partial charge in [0.15, 0.2) is 0 Å². The van der Waals surface area contributed by atoms with Gasteiger partial charge in [-0.25, -0.2) is 0 Å². The molecule has 1 nitrogen and oxygen atoms in total. The number of dihydropyridines is 1. The zero-order valence-electron chi connectivity index (χ0n) is 5.33. The highest BCUT2D eigenvalue weighted by Crippen LogP contribution is 2.03. The fourth-order valence-electron chi connectivity index (χ4n) is 0.707. The van der Waals surface area contributed by atoms with E-state index in [1.54, 1.807) is 0 Å². The third kappa shape index (κ3) is 1.19. The second-order valence-corrected chi connectivity index (χ2v) is 2.28. The van der Waals surface area contributed by atoms with Gasteiger partial charge in [0.1, 0.15) is 0 Å². The molecule has 0 spiro atoms. The monoisotopic (exact) mass is 109 g/mol. The fraction of sp³-hybridized carbons (Fsp3) is 0.571. The first-order valence-electron chi connectivity index (χ1n) is 3.00. The van der Waals surface area contributed by atoms with Crippen molar-refractivity contribution in [1.82, 2.24) is 0 Å². The van der Waals surface area contributed by atoms with Crippen LogP contribution >= 0.6 is 0 Å². The Balaban J connectivity index is 2.54. The highest BCUT2D eigenvalue weighted by atomic mass is 14.8. The van der Waals surface area contributed by atoms with Crippen LogP contribution in [0.25, 0.3) is 0 Å². The van der Waals surface area contributed by atoms with Crippen molar-refractivity contribution in [2.24, 2.45) is 10.9 Å². The lowest BCUT2D eigenvalue weighted by molar-refractivity contribution is 0.859. The predicted octanol–water partition coefficient (Wildman–Crippen LogP) is 1.65. The van der Waals surface area contributed by atoms with Crippen molar-refractivity contribution >= 4 is 6.21 Å². The predicted molar refractivity (Wildman–Crippen MR) is 36.3 cm³/mol. The van der Waals surface area contributed by atoms with E-state index in [9.17, 15) is 0 Å². The van der Waals surface area contributed by atoms with Crippen LogP contribution in [0.15, 0.2) is 17.1 Å². The van der Waals surface area contributed by atoms with Crippen LogP contribution in [0, 0.1) is 5.92 Å². The smallest absolute Gasteiger partial charge is 0.0648 e. The summed E-state index contributed by atoms with van der Waals surface area (Å²) in [5.41, 5.74) is 0. The lowest BCUT2D eigenvalue weighted by Crippen LogP contribution is -2.03. The zero-order chi connectivity index (χ0) is 5.98. The molecule has 0 aromatic carbocycles. The van der Waals surface area contributed by atoms with E-state index in [1.165, 1.54) is 0 Å². The van der Waals surface area contributed by atoms with Crippen molar-refractivity contribution < 1.29 is 0 Å². The maximum atomic E-state index is 4.20. The molecule has 1 aliphatic rings. The highest BCUT2D eigenvalue weighted by Gasteiger charge is 1.99. The van der Waals surface area contributed by atoms with Crippen LogP contribution in [0.3, 0.4) is 0 Å². The van der Waals surface area contributed by atoms with Crippen molar-refractivity contribution in [3.05, 3.63) is 12.2 Å². The zero-order valence-corrected chi connectivity index (χ0v) is 5.33. The SMILES string of the molecule is CC1C=CC(C)N=C1. The van der Waals surface area contributed by atoms with Crippen LogP contribution < -0.4 is 0 Å². The van der Waals surface area contributed by atoms with Crippen molar-refractivity contribution in [2.45, 2.75) is 19.9 Å². The number of hydrogen-bond acceptors (Lipinski definition) is 1. The van der Waals surface area contributed by atoms with Gasteiger partial charge in [-0.05, 0) is 6.92 Å². The summed E-state index contributed by atoms with van der Waals surface area (Å²) in [4.78, 5) is 4.20. The molecule has 0 amide bonds. The minimum atomic E-state index is 0.409. The molecule has 2 atom stereocenters. The normalized spacial score (nSPS) is 35.8. The molecule has 0 saturated heterocycles. The van der Waals surface area contributed by atoms with Crippen molar-refractivity contribution in [3.63, 3.8) is 0 Å². The van der Waals surface area contributed by atoms with Crippen LogP contribution in [0.2, 0.25) is 0 Å². The molecular formula is C7H11N. The first-order chi connectivity index (χ1) is 3.79. The van der Waals surface area contributed by atoms with Crippen LogP contribution in [0.5, 0.6) is 0 Å². The van der Waals surface area contributed by atoms with Crippen LogP contribution in [0.1, 0.15) is 13.8 Å². The lowest BCUT2D eigenvalue weighted by atomic mass is 10.1. The molecule has 8 heavy (non-hydrogen) atoms. The van der Waals surface area contributed by atoms with Gasteiger partial charge in [-0.3, -0.25) is 4.99 Å². The molecule has 44 valence electrons. The van der Waals surface area contributed by atoms with Crippen molar-refractivity contribution in [1.29, 1.82) is 0 Å². The lowest BCUT2D eigenvalue weighted by Gasteiger charge is -2.06. The molecule has 1 heteroatoms. The average Bonchev–Trinajstić information content (AvgIpc) is 1.77. The highest BCUT2D eigenvalue weighted by molar-refractivity contribution is 5.64. The summed E-state index contributed by atoms with van der Waals surface area (Å²) >= 11 is 0. The van der Waals surface area contributed by atoms with Crippen LogP contribution in [-0.4, -0.2) is 12.3 Å². The Hall–Kier alpha value is -0.590. The van der Waals surface area contributed by atoms with E-state index < -0.39 is 0 Å². The summed E-state index contributed by atoms with van der Waals surface area (Å²) < 4.78 is 0. The minimum Gasteiger partial charge on any atom is -0.290 e. The number of hydrogen-bond donors (Lipinski definition) is 0. The molecule has 0 fully saturated rings. The third-order valence-electron chi connectivity index (χ3n) is 1.25. The van der Waals surface area contributed by atoms with Crippen LogP contribution in [-0.2, 0) is 0 Å². The Labute approximate surface area is 50.1 Å². The molecule has 0 N–H and O–H groups in total. The topological polar surface area (TPSA) is 12.4 Å². The second-order valence-electron chi connectivity index (χ2n) is 2.28. The average molecular weight is 109 g/mol. The van der Waals surface area contributed by atoms with E-state index in [-0.39, 0.29) is 0 Å². The summed E-state index contributed by atoms with van der Waals surface area (Å²) in [6.45, 7) is 4.21. The molecule has 1 aliphatic heterocycles. The van der Waals surface area contributed by atoms with E-state index in [0.29, 0.717) is 12.0 Å². The maximum Gasteiger partial charge on any atom is 0.0648 e. The molecule has 0 aliphatic carbocycles. The first-order valence-corrected chi connectivity index (χ1v) is 3.00. The molecule has 2 unspecified atom stereocenters. The van der Waals surface area contributed by atoms with E-state index in [4.69, 9.17) is 0 Å². The standard InChI is InChI=1S/C7H11N/c1-6-3-4-7(2)8-5-6/h3-7H,1-2H3. The maximum absolute atomic E-state index is 4.20. The number of nitrogens with zero attached hydrogens (tertiary/aromatic N) is 1. The van der Waals surface area contributed by atoms with Crippen molar-refractivity contribution in [3.8, 4) is 0 Å². The molecule has 1 rings (SSSR count). The Morgan fingerprint density at radius 3 is 2.38 bits per heavy atom. The van der Waals surface area contributed by atoms with Gasteiger partial charge < -0.3 is 0 Å². The summed E-state index contributed by atoms with van der Waals surface area (Å²) in [6.07, 6.45) is 6.30. The van der Waals surface area contributed by atoms with Gasteiger partial charge in [0.05, 0.1) is 6.04 Å². The Kier molecular flexibility index (Phi) is 1.47. The first kappa shape index (κ1) is 5.54. The molecule has 0 aromatic rings. The van der Waals surface area contributed by atoms with E-state index >= 15 is 0 Å². The minimum absolute atomic E-state index is 0.409. The number of aliphatic imine (C=N–C) groups is 1. The van der Waals surface area contributed by atoms with Gasteiger partial charge in [0.25, 0.3) is 0 Å². The van der Waals surface area contributed by atoms with Gasteiger partial charge in [0, 0.05) is 12.1 Å². The van der Waals surface area contributed by atoms with E-state index in [0.717, 1.165) is 0 Å². The summed E-state index contributed by atoms with van der Waals surface area (Å²) in [7, 11) is 0. The molecule has 0 aromatic heterocycles. The second kappa shape index (κ2) is 2.12.